The molecule has 3 rings (SSSR count). The first kappa shape index (κ1) is 30.8. The fourth-order valence-electron chi connectivity index (χ4n) is 4.27. The number of amides is 3. The van der Waals surface area contributed by atoms with Gasteiger partial charge in [0.1, 0.15) is 17.5 Å². The summed E-state index contributed by atoms with van der Waals surface area (Å²) in [7, 11) is 0. The van der Waals surface area contributed by atoms with E-state index in [2.05, 4.69) is 5.32 Å². The lowest BCUT2D eigenvalue weighted by Gasteiger charge is -2.34. The van der Waals surface area contributed by atoms with Crippen LogP contribution in [0, 0.1) is 6.92 Å². The number of nitrogens with zero attached hydrogens (tertiary/aromatic N) is 1. The molecule has 218 valence electrons. The van der Waals surface area contributed by atoms with Crippen LogP contribution in [0.2, 0.25) is 0 Å². The third-order valence-corrected chi connectivity index (χ3v) is 6.26. The van der Waals surface area contributed by atoms with E-state index in [4.69, 9.17) is 9.47 Å². The second-order valence-electron chi connectivity index (χ2n) is 11.0. The third-order valence-electron chi connectivity index (χ3n) is 6.26. The van der Waals surface area contributed by atoms with Gasteiger partial charge in [-0.15, -0.1) is 0 Å². The van der Waals surface area contributed by atoms with Crippen molar-refractivity contribution in [3.8, 4) is 5.75 Å². The van der Waals surface area contributed by atoms with Crippen LogP contribution in [0.15, 0.2) is 48.5 Å². The summed E-state index contributed by atoms with van der Waals surface area (Å²) in [5.41, 5.74) is 1.27. The van der Waals surface area contributed by atoms with Crippen molar-refractivity contribution in [1.29, 1.82) is 0 Å². The molecule has 2 N–H and O–H groups in total. The summed E-state index contributed by atoms with van der Waals surface area (Å²) in [5.74, 6) is -2.08. The summed E-state index contributed by atoms with van der Waals surface area (Å²) in [6, 6.07) is 12.0. The summed E-state index contributed by atoms with van der Waals surface area (Å²) >= 11 is 0. The van der Waals surface area contributed by atoms with E-state index in [-0.39, 0.29) is 11.9 Å². The van der Waals surface area contributed by atoms with Gasteiger partial charge >= 0.3 is 18.2 Å². The van der Waals surface area contributed by atoms with E-state index in [0.29, 0.717) is 36.4 Å². The van der Waals surface area contributed by atoms with E-state index in [0.717, 1.165) is 12.0 Å². The first-order valence-corrected chi connectivity index (χ1v) is 13.1. The fraction of sp³-hybridized carbons (Fsp3) is 0.483. The number of aryl methyl sites for hydroxylation is 1. The van der Waals surface area contributed by atoms with Gasteiger partial charge in [-0.25, -0.2) is 4.79 Å². The molecule has 40 heavy (non-hydrogen) atoms. The molecule has 1 aliphatic rings. The van der Waals surface area contributed by atoms with Gasteiger partial charge in [0.25, 0.3) is 5.91 Å². The Kier molecular flexibility index (Phi) is 9.70. The number of piperidine rings is 1. The molecule has 0 unspecified atom stereocenters. The summed E-state index contributed by atoms with van der Waals surface area (Å²) < 4.78 is 50.0. The maximum Gasteiger partial charge on any atom is 0.471 e. The highest BCUT2D eigenvalue weighted by atomic mass is 19.4. The number of halogens is 3. The number of likely N-dealkylation sites (tertiary alicyclic amines) is 1. The molecular weight excluding hydrogens is 527 g/mol. The van der Waals surface area contributed by atoms with Gasteiger partial charge in [0.15, 0.2) is 0 Å². The normalized spacial score (nSPS) is 17.4. The predicted octanol–water partition coefficient (Wildman–Crippen LogP) is 5.31. The highest BCUT2D eigenvalue weighted by Crippen LogP contribution is 2.27. The van der Waals surface area contributed by atoms with Crippen LogP contribution in [0.3, 0.4) is 0 Å². The molecule has 0 radical (unpaired) electrons. The van der Waals surface area contributed by atoms with Crippen LogP contribution < -0.4 is 15.4 Å². The lowest BCUT2D eigenvalue weighted by Crippen LogP contribution is -2.50. The molecule has 1 saturated heterocycles. The lowest BCUT2D eigenvalue weighted by molar-refractivity contribution is -0.174. The second-order valence-corrected chi connectivity index (χ2v) is 11.0. The van der Waals surface area contributed by atoms with E-state index in [1.807, 2.05) is 12.2 Å². The van der Waals surface area contributed by atoms with E-state index in [1.165, 1.54) is 6.92 Å². The molecule has 1 fully saturated rings. The predicted molar refractivity (Wildman–Crippen MR) is 143 cm³/mol. The zero-order chi connectivity index (χ0) is 29.7. The number of rotatable bonds is 7. The molecule has 2 aromatic carbocycles. The van der Waals surface area contributed by atoms with Crippen molar-refractivity contribution < 1.29 is 37.0 Å². The number of hydrogen-bond donors (Lipinski definition) is 2. The third kappa shape index (κ3) is 8.89. The molecule has 0 spiro atoms. The summed E-state index contributed by atoms with van der Waals surface area (Å²) in [6.45, 7) is 9.58. The van der Waals surface area contributed by atoms with Crippen LogP contribution >= 0.6 is 0 Å². The second kappa shape index (κ2) is 12.6. The number of ether oxygens (including phenoxy) is 2. The van der Waals surface area contributed by atoms with Crippen molar-refractivity contribution in [2.75, 3.05) is 13.1 Å². The molecule has 8 nitrogen and oxygen atoms in total. The van der Waals surface area contributed by atoms with Gasteiger partial charge in [0.2, 0.25) is 0 Å². The minimum absolute atomic E-state index is 0.242. The van der Waals surface area contributed by atoms with Crippen molar-refractivity contribution in [3.63, 3.8) is 0 Å². The zero-order valence-corrected chi connectivity index (χ0v) is 23.3. The highest BCUT2D eigenvalue weighted by molar-refractivity contribution is 5.94. The molecule has 1 aliphatic heterocycles. The van der Waals surface area contributed by atoms with Crippen LogP contribution in [0.1, 0.15) is 68.1 Å². The molecule has 3 amide bonds. The quantitative estimate of drug-likeness (QED) is 0.476. The molecule has 2 aromatic rings. The first-order chi connectivity index (χ1) is 18.6. The number of hydrogen-bond acceptors (Lipinski definition) is 5. The largest absolute Gasteiger partial charge is 0.484 e. The monoisotopic (exact) mass is 563 g/mol. The number of carbonyl (C=O) groups excluding carboxylic acids is 3. The van der Waals surface area contributed by atoms with Gasteiger partial charge in [-0.3, -0.25) is 9.59 Å². The van der Waals surface area contributed by atoms with Gasteiger partial charge in [-0.1, -0.05) is 29.8 Å². The van der Waals surface area contributed by atoms with Gasteiger partial charge in [-0.05, 0) is 77.3 Å². The zero-order valence-electron chi connectivity index (χ0n) is 23.3. The van der Waals surface area contributed by atoms with E-state index in [9.17, 15) is 27.6 Å². The Morgan fingerprint density at radius 2 is 1.62 bits per heavy atom. The molecule has 1 heterocycles. The Morgan fingerprint density at radius 1 is 1.00 bits per heavy atom. The molecule has 0 saturated carbocycles. The maximum absolute atomic E-state index is 12.9. The highest BCUT2D eigenvalue weighted by Gasteiger charge is 2.40. The van der Waals surface area contributed by atoms with Crippen molar-refractivity contribution >= 4 is 17.9 Å². The number of carbonyl (C=O) groups is 3. The Morgan fingerprint density at radius 3 is 2.20 bits per heavy atom. The van der Waals surface area contributed by atoms with Crippen LogP contribution in [0.5, 0.6) is 5.75 Å². The average Bonchev–Trinajstić information content (AvgIpc) is 2.86. The van der Waals surface area contributed by atoms with Crippen LogP contribution in [0.25, 0.3) is 0 Å². The molecule has 0 aliphatic carbocycles. The Labute approximate surface area is 232 Å². The average molecular weight is 564 g/mol. The summed E-state index contributed by atoms with van der Waals surface area (Å²) in [6.07, 6.45) is -4.93. The fourth-order valence-corrected chi connectivity index (χ4v) is 4.27. The van der Waals surface area contributed by atoms with E-state index >= 15 is 0 Å². The van der Waals surface area contributed by atoms with E-state index < -0.39 is 35.9 Å². The topological polar surface area (TPSA) is 97.0 Å². The lowest BCUT2D eigenvalue weighted by atomic mass is 10.0. The molecule has 3 atom stereocenters. The minimum atomic E-state index is -5.02. The van der Waals surface area contributed by atoms with Gasteiger partial charge in [0, 0.05) is 24.7 Å². The Bertz CT molecular complexity index is 1180. The summed E-state index contributed by atoms with van der Waals surface area (Å²) in [4.78, 5) is 38.4. The standard InChI is InChI=1S/C29H36F3N3O5/c1-18-8-10-20(11-9-18)24(19(2)33-26(37)29(30,31)32)39-23-14-12-21(13-15-23)25(36)34-22-7-6-16-35(17-22)27(38)40-28(3,4)5/h8-15,19,22,24H,6-7,16-17H2,1-5H3,(H,33,37)(H,34,36)/t19-,22-,24-/m0/s1. The molecular formula is C29H36F3N3O5. The minimum Gasteiger partial charge on any atom is -0.484 e. The van der Waals surface area contributed by atoms with Crippen LogP contribution in [0.4, 0.5) is 18.0 Å². The molecule has 11 heteroatoms. The van der Waals surface area contributed by atoms with Crippen molar-refractivity contribution in [3.05, 3.63) is 65.2 Å². The smallest absolute Gasteiger partial charge is 0.471 e. The Hall–Kier alpha value is -3.76. The van der Waals surface area contributed by atoms with Crippen molar-refractivity contribution in [1.82, 2.24) is 15.5 Å². The van der Waals surface area contributed by atoms with Gasteiger partial charge in [-0.2, -0.15) is 13.2 Å². The summed E-state index contributed by atoms with van der Waals surface area (Å²) in [5, 5.41) is 4.91. The first-order valence-electron chi connectivity index (χ1n) is 13.1. The Balaban J connectivity index is 1.67. The number of alkyl halides is 3. The van der Waals surface area contributed by atoms with Gasteiger partial charge < -0.3 is 25.0 Å². The maximum atomic E-state index is 12.9. The van der Waals surface area contributed by atoms with Crippen molar-refractivity contribution in [2.45, 2.75) is 77.4 Å². The van der Waals surface area contributed by atoms with Crippen LogP contribution in [-0.4, -0.2) is 59.8 Å². The molecule has 0 aromatic heterocycles. The molecule has 0 bridgehead atoms. The number of nitrogens with one attached hydrogen (secondary N) is 2. The van der Waals surface area contributed by atoms with E-state index in [1.54, 1.807) is 74.2 Å². The van der Waals surface area contributed by atoms with Crippen molar-refractivity contribution in [2.24, 2.45) is 0 Å². The van der Waals surface area contributed by atoms with Gasteiger partial charge in [0.05, 0.1) is 6.04 Å². The SMILES string of the molecule is Cc1ccc([C@@H](Oc2ccc(C(=O)N[C@H]3CCCN(C(=O)OC(C)(C)C)C3)cc2)[C@H](C)NC(=O)C(F)(F)F)cc1. The number of benzene rings is 2. The van der Waals surface area contributed by atoms with Crippen LogP contribution in [-0.2, 0) is 9.53 Å².